The summed E-state index contributed by atoms with van der Waals surface area (Å²) in [5, 5.41) is 6.16. The molecular weight excluding hydrogens is 448 g/mol. The molecule has 0 radical (unpaired) electrons. The molecule has 0 unspecified atom stereocenters. The molecule has 3 aromatic heterocycles. The number of carbonyl (C=O) groups excluding carboxylic acids is 1. The standard InChI is InChI=1S/C24H30N8O3/c1-30-18-13-26-20(28-19-5-9-25-21(29-19)31-10-8-24(14-31)6-7-24)12-17(18)32(23(30)34)16-4-3-15(11-16)27-22(33)35-2/h5,9,12-13,15-16H,3-4,6-8,10-11,14H2,1-2H3,(H,27,33)(H,25,26,28,29)/t15-,16-/m1/s1. The van der Waals surface area contributed by atoms with Crippen molar-refractivity contribution in [2.24, 2.45) is 12.5 Å². The number of aromatic nitrogens is 5. The molecule has 1 aliphatic heterocycles. The first-order valence-corrected chi connectivity index (χ1v) is 12.2. The Labute approximate surface area is 202 Å². The zero-order valence-corrected chi connectivity index (χ0v) is 20.0. The molecule has 35 heavy (non-hydrogen) atoms. The van der Waals surface area contributed by atoms with Crippen LogP contribution in [0.4, 0.5) is 22.4 Å². The summed E-state index contributed by atoms with van der Waals surface area (Å²) in [5.74, 6) is 2.03. The number of anilines is 3. The van der Waals surface area contributed by atoms with E-state index in [-0.39, 0.29) is 17.8 Å². The number of imidazole rings is 1. The molecule has 6 rings (SSSR count). The summed E-state index contributed by atoms with van der Waals surface area (Å²) >= 11 is 0. The fourth-order valence-corrected chi connectivity index (χ4v) is 5.62. The predicted octanol–water partition coefficient (Wildman–Crippen LogP) is 2.71. The molecule has 0 bridgehead atoms. The molecule has 0 aromatic carbocycles. The van der Waals surface area contributed by atoms with Gasteiger partial charge in [0, 0.05) is 44.5 Å². The Hall–Kier alpha value is -3.63. The Morgan fingerprint density at radius 1 is 1.17 bits per heavy atom. The van der Waals surface area contributed by atoms with Crippen LogP contribution in [0.5, 0.6) is 0 Å². The monoisotopic (exact) mass is 478 g/mol. The van der Waals surface area contributed by atoms with Gasteiger partial charge in [0.2, 0.25) is 5.95 Å². The Morgan fingerprint density at radius 3 is 2.80 bits per heavy atom. The van der Waals surface area contributed by atoms with Crippen molar-refractivity contribution in [3.63, 3.8) is 0 Å². The predicted molar refractivity (Wildman–Crippen MR) is 131 cm³/mol. The number of nitrogens with zero attached hydrogens (tertiary/aromatic N) is 6. The van der Waals surface area contributed by atoms with E-state index >= 15 is 0 Å². The first-order chi connectivity index (χ1) is 16.9. The number of pyridine rings is 1. The molecule has 2 saturated carbocycles. The molecule has 3 aromatic rings. The number of ether oxygens (including phenoxy) is 1. The van der Waals surface area contributed by atoms with Gasteiger partial charge in [-0.05, 0) is 50.0 Å². The van der Waals surface area contributed by atoms with Gasteiger partial charge >= 0.3 is 11.8 Å². The van der Waals surface area contributed by atoms with E-state index in [9.17, 15) is 9.59 Å². The molecule has 2 N–H and O–H groups in total. The van der Waals surface area contributed by atoms with Crippen molar-refractivity contribution in [1.29, 1.82) is 0 Å². The highest BCUT2D eigenvalue weighted by atomic mass is 16.5. The van der Waals surface area contributed by atoms with E-state index in [0.717, 1.165) is 42.9 Å². The molecular formula is C24H30N8O3. The van der Waals surface area contributed by atoms with Crippen molar-refractivity contribution in [2.45, 2.75) is 50.6 Å². The number of aryl methyl sites for hydroxylation is 1. The molecule has 3 aliphatic rings. The molecule has 1 saturated heterocycles. The zero-order chi connectivity index (χ0) is 24.2. The minimum Gasteiger partial charge on any atom is -0.453 e. The van der Waals surface area contributed by atoms with Gasteiger partial charge in [-0.2, -0.15) is 4.98 Å². The van der Waals surface area contributed by atoms with Gasteiger partial charge in [0.05, 0.1) is 24.3 Å². The van der Waals surface area contributed by atoms with Crippen molar-refractivity contribution in [1.82, 2.24) is 29.4 Å². The first kappa shape index (κ1) is 21.9. The van der Waals surface area contributed by atoms with Crippen molar-refractivity contribution in [3.05, 3.63) is 35.0 Å². The summed E-state index contributed by atoms with van der Waals surface area (Å²) in [6, 6.07) is 3.69. The average molecular weight is 479 g/mol. The van der Waals surface area contributed by atoms with E-state index in [1.165, 1.54) is 26.4 Å². The van der Waals surface area contributed by atoms with Crippen LogP contribution in [0.3, 0.4) is 0 Å². The summed E-state index contributed by atoms with van der Waals surface area (Å²) in [5.41, 5.74) is 1.99. The lowest BCUT2D eigenvalue weighted by Crippen LogP contribution is -2.33. The summed E-state index contributed by atoms with van der Waals surface area (Å²) in [6.07, 6.45) is 9.14. The third-order valence-electron chi connectivity index (χ3n) is 7.83. The maximum atomic E-state index is 13.1. The van der Waals surface area contributed by atoms with Gasteiger partial charge in [0.25, 0.3) is 0 Å². The van der Waals surface area contributed by atoms with Crippen LogP contribution in [-0.4, -0.2) is 56.4 Å². The Bertz CT molecular complexity index is 1340. The largest absolute Gasteiger partial charge is 0.453 e. The maximum Gasteiger partial charge on any atom is 0.407 e. The van der Waals surface area contributed by atoms with Gasteiger partial charge in [0.1, 0.15) is 11.6 Å². The van der Waals surface area contributed by atoms with Crippen LogP contribution < -0.4 is 21.2 Å². The maximum absolute atomic E-state index is 13.1. The molecule has 4 heterocycles. The second kappa shape index (κ2) is 8.24. The smallest absolute Gasteiger partial charge is 0.407 e. The molecule has 11 heteroatoms. The van der Waals surface area contributed by atoms with E-state index in [0.29, 0.717) is 23.5 Å². The molecule has 184 valence electrons. The molecule has 2 aliphatic carbocycles. The van der Waals surface area contributed by atoms with Crippen LogP contribution in [0, 0.1) is 5.41 Å². The van der Waals surface area contributed by atoms with Gasteiger partial charge in [-0.3, -0.25) is 9.13 Å². The van der Waals surface area contributed by atoms with Crippen molar-refractivity contribution in [3.8, 4) is 0 Å². The summed E-state index contributed by atoms with van der Waals surface area (Å²) in [7, 11) is 3.11. The van der Waals surface area contributed by atoms with E-state index in [4.69, 9.17) is 9.72 Å². The highest BCUT2D eigenvalue weighted by Gasteiger charge is 2.48. The number of carbonyl (C=O) groups is 1. The van der Waals surface area contributed by atoms with Crippen LogP contribution in [0.2, 0.25) is 0 Å². The number of methoxy groups -OCH3 is 1. The second-order valence-electron chi connectivity index (χ2n) is 10.1. The Morgan fingerprint density at radius 2 is 2.03 bits per heavy atom. The summed E-state index contributed by atoms with van der Waals surface area (Å²) in [6.45, 7) is 2.03. The van der Waals surface area contributed by atoms with E-state index < -0.39 is 6.09 Å². The van der Waals surface area contributed by atoms with Crippen LogP contribution in [0.25, 0.3) is 11.0 Å². The van der Waals surface area contributed by atoms with Gasteiger partial charge < -0.3 is 20.3 Å². The third kappa shape index (κ3) is 3.98. The SMILES string of the molecule is COC(=O)N[C@@H]1CC[C@@H](n2c(=O)n(C)c3cnc(Nc4ccnc(N5CCC6(CC6)C5)n4)cc32)C1. The van der Waals surface area contributed by atoms with E-state index in [1.807, 2.05) is 16.7 Å². The van der Waals surface area contributed by atoms with E-state index in [1.54, 1.807) is 24.0 Å². The number of rotatable bonds is 5. The van der Waals surface area contributed by atoms with E-state index in [2.05, 4.69) is 25.5 Å². The topological polar surface area (TPSA) is 119 Å². The van der Waals surface area contributed by atoms with Gasteiger partial charge in [0.15, 0.2) is 0 Å². The second-order valence-corrected chi connectivity index (χ2v) is 10.1. The Balaban J connectivity index is 1.25. The molecule has 3 fully saturated rings. The minimum absolute atomic E-state index is 0.0147. The average Bonchev–Trinajstić information content (AvgIpc) is 3.15. The number of hydrogen-bond donors (Lipinski definition) is 2. The normalized spacial score (nSPS) is 22.6. The number of hydrogen-bond acceptors (Lipinski definition) is 8. The van der Waals surface area contributed by atoms with Crippen LogP contribution >= 0.6 is 0 Å². The number of fused-ring (bicyclic) bond motifs is 1. The molecule has 11 nitrogen and oxygen atoms in total. The number of amides is 1. The van der Waals surface area contributed by atoms with Gasteiger partial charge in [-0.25, -0.2) is 19.6 Å². The fraction of sp³-hybridized carbons (Fsp3) is 0.542. The van der Waals surface area contributed by atoms with Gasteiger partial charge in [-0.1, -0.05) is 0 Å². The number of alkyl carbamates (subject to hydrolysis) is 1. The lowest BCUT2D eigenvalue weighted by Gasteiger charge is -2.17. The van der Waals surface area contributed by atoms with Crippen molar-refractivity contribution in [2.75, 3.05) is 30.4 Å². The zero-order valence-electron chi connectivity index (χ0n) is 20.0. The van der Waals surface area contributed by atoms with Gasteiger partial charge in [-0.15, -0.1) is 0 Å². The lowest BCUT2D eigenvalue weighted by atomic mass is 10.1. The first-order valence-electron chi connectivity index (χ1n) is 12.2. The van der Waals surface area contributed by atoms with Crippen LogP contribution in [-0.2, 0) is 11.8 Å². The van der Waals surface area contributed by atoms with Crippen molar-refractivity contribution >= 4 is 34.7 Å². The lowest BCUT2D eigenvalue weighted by molar-refractivity contribution is 0.166. The van der Waals surface area contributed by atoms with Crippen molar-refractivity contribution < 1.29 is 9.53 Å². The molecule has 1 spiro atoms. The Kier molecular flexibility index (Phi) is 5.15. The molecule has 1 amide bonds. The highest BCUT2D eigenvalue weighted by Crippen LogP contribution is 2.53. The summed E-state index contributed by atoms with van der Waals surface area (Å²) < 4.78 is 8.17. The highest BCUT2D eigenvalue weighted by molar-refractivity contribution is 5.79. The summed E-state index contributed by atoms with van der Waals surface area (Å²) in [4.78, 5) is 40.8. The minimum atomic E-state index is -0.443. The third-order valence-corrected chi connectivity index (χ3v) is 7.83. The quantitative estimate of drug-likeness (QED) is 0.575. The fourth-order valence-electron chi connectivity index (χ4n) is 5.62. The van der Waals surface area contributed by atoms with Crippen LogP contribution in [0.15, 0.2) is 29.3 Å². The molecule has 2 atom stereocenters. The van der Waals surface area contributed by atoms with Crippen LogP contribution in [0.1, 0.15) is 44.6 Å². The number of nitrogens with one attached hydrogen (secondary N) is 2.